The first kappa shape index (κ1) is 13.4. The molecule has 2 nitrogen and oxygen atoms in total. The average Bonchev–Trinajstić information content (AvgIpc) is 2.38. The molecule has 94 valence electrons. The van der Waals surface area contributed by atoms with E-state index in [2.05, 4.69) is 37.2 Å². The third kappa shape index (κ3) is 4.03. The Labute approximate surface area is 124 Å². The molecule has 0 saturated heterocycles. The summed E-state index contributed by atoms with van der Waals surface area (Å²) in [5.74, 6) is 0.855. The molecule has 2 rings (SSSR count). The largest absolute Gasteiger partial charge is 0.491 e. The zero-order valence-corrected chi connectivity index (χ0v) is 12.9. The molecule has 0 amide bonds. The van der Waals surface area contributed by atoms with Crippen LogP contribution in [-0.2, 0) is 0 Å². The van der Waals surface area contributed by atoms with Gasteiger partial charge in [0.15, 0.2) is 0 Å². The number of hydrogen-bond acceptors (Lipinski definition) is 2. The second-order valence-electron chi connectivity index (χ2n) is 3.72. The van der Waals surface area contributed by atoms with E-state index in [9.17, 15) is 0 Å². The van der Waals surface area contributed by atoms with Gasteiger partial charge in [-0.3, -0.25) is 0 Å². The van der Waals surface area contributed by atoms with Crippen molar-refractivity contribution >= 4 is 37.5 Å². The Bertz CT molecular complexity index is 502. The normalized spacial score (nSPS) is 10.1. The molecule has 0 heterocycles. The fraction of sp³-hybridized carbons (Fsp3) is 0.143. The van der Waals surface area contributed by atoms with Gasteiger partial charge in [-0.25, -0.2) is 0 Å². The molecular weight excluding hydrogens is 358 g/mol. The van der Waals surface area contributed by atoms with Gasteiger partial charge in [-0.05, 0) is 46.3 Å². The number of para-hydroxylation sites is 1. The summed E-state index contributed by atoms with van der Waals surface area (Å²) in [5.41, 5.74) is 1.11. The van der Waals surface area contributed by atoms with Gasteiger partial charge in [0, 0.05) is 16.7 Å². The van der Waals surface area contributed by atoms with Gasteiger partial charge < -0.3 is 10.1 Å². The van der Waals surface area contributed by atoms with Crippen LogP contribution in [0.25, 0.3) is 0 Å². The van der Waals surface area contributed by atoms with E-state index in [1.165, 1.54) is 0 Å². The Morgan fingerprint density at radius 3 is 2.50 bits per heavy atom. The fourth-order valence-corrected chi connectivity index (χ4v) is 2.67. The lowest BCUT2D eigenvalue weighted by atomic mass is 10.3. The first-order valence-electron chi connectivity index (χ1n) is 5.62. The molecular formula is C14H13Br2NO. The maximum atomic E-state index is 5.68. The number of halogens is 2. The third-order valence-electron chi connectivity index (χ3n) is 2.36. The molecule has 0 radical (unpaired) electrons. The third-order valence-corrected chi connectivity index (χ3v) is 3.47. The van der Waals surface area contributed by atoms with Crippen LogP contribution in [-0.4, -0.2) is 13.2 Å². The van der Waals surface area contributed by atoms with E-state index in [-0.39, 0.29) is 0 Å². The van der Waals surface area contributed by atoms with Crippen molar-refractivity contribution in [2.45, 2.75) is 0 Å². The van der Waals surface area contributed by atoms with Crippen LogP contribution >= 0.6 is 31.9 Å². The van der Waals surface area contributed by atoms with E-state index in [0.29, 0.717) is 6.61 Å². The van der Waals surface area contributed by atoms with Gasteiger partial charge in [-0.1, -0.05) is 34.1 Å². The van der Waals surface area contributed by atoms with Crippen LogP contribution in [0.3, 0.4) is 0 Å². The molecule has 0 aliphatic heterocycles. The van der Waals surface area contributed by atoms with Crippen molar-refractivity contribution < 1.29 is 4.74 Å². The monoisotopic (exact) mass is 369 g/mol. The van der Waals surface area contributed by atoms with Crippen molar-refractivity contribution in [2.24, 2.45) is 0 Å². The molecule has 4 heteroatoms. The minimum Gasteiger partial charge on any atom is -0.491 e. The molecule has 0 unspecified atom stereocenters. The first-order chi connectivity index (χ1) is 8.75. The Kier molecular flexibility index (Phi) is 5.08. The summed E-state index contributed by atoms with van der Waals surface area (Å²) in [6.45, 7) is 1.39. The highest BCUT2D eigenvalue weighted by molar-refractivity contribution is 9.11. The molecule has 0 aliphatic rings. The molecule has 1 N–H and O–H groups in total. The molecule has 0 bridgehead atoms. The summed E-state index contributed by atoms with van der Waals surface area (Å²) in [6, 6.07) is 16.0. The number of nitrogens with one attached hydrogen (secondary N) is 1. The van der Waals surface area contributed by atoms with E-state index in [4.69, 9.17) is 4.74 Å². The van der Waals surface area contributed by atoms with Crippen molar-refractivity contribution in [3.63, 3.8) is 0 Å². The molecule has 2 aromatic carbocycles. The Hall–Kier alpha value is -1.00. The zero-order chi connectivity index (χ0) is 12.8. The summed E-state index contributed by atoms with van der Waals surface area (Å²) in [7, 11) is 0. The van der Waals surface area contributed by atoms with Crippen LogP contribution in [0.5, 0.6) is 5.75 Å². The van der Waals surface area contributed by atoms with E-state index in [0.717, 1.165) is 26.9 Å². The van der Waals surface area contributed by atoms with Crippen molar-refractivity contribution in [1.82, 2.24) is 0 Å². The second kappa shape index (κ2) is 6.81. The van der Waals surface area contributed by atoms with Crippen LogP contribution in [0.2, 0.25) is 0 Å². The van der Waals surface area contributed by atoms with Gasteiger partial charge in [0.05, 0.1) is 4.47 Å². The SMILES string of the molecule is Brc1ccc(OCCNc2ccccc2)c(Br)c1. The van der Waals surface area contributed by atoms with Crippen molar-refractivity contribution in [1.29, 1.82) is 0 Å². The van der Waals surface area contributed by atoms with Gasteiger partial charge in [0.2, 0.25) is 0 Å². The number of anilines is 1. The zero-order valence-electron chi connectivity index (χ0n) is 9.70. The molecule has 2 aromatic rings. The van der Waals surface area contributed by atoms with E-state index >= 15 is 0 Å². The highest BCUT2D eigenvalue weighted by atomic mass is 79.9. The summed E-state index contributed by atoms with van der Waals surface area (Å²) in [6.07, 6.45) is 0. The number of hydrogen-bond donors (Lipinski definition) is 1. The molecule has 0 aromatic heterocycles. The molecule has 18 heavy (non-hydrogen) atoms. The summed E-state index contributed by atoms with van der Waals surface area (Å²) in [4.78, 5) is 0. The van der Waals surface area contributed by atoms with Crippen LogP contribution in [0.1, 0.15) is 0 Å². The number of ether oxygens (including phenoxy) is 1. The van der Waals surface area contributed by atoms with Crippen molar-refractivity contribution in [3.05, 3.63) is 57.5 Å². The summed E-state index contributed by atoms with van der Waals surface area (Å²) >= 11 is 6.88. The highest BCUT2D eigenvalue weighted by Gasteiger charge is 2.01. The molecule has 0 saturated carbocycles. The topological polar surface area (TPSA) is 21.3 Å². The lowest BCUT2D eigenvalue weighted by Gasteiger charge is -2.10. The van der Waals surface area contributed by atoms with Gasteiger partial charge in [-0.2, -0.15) is 0 Å². The Balaban J connectivity index is 1.79. The highest BCUT2D eigenvalue weighted by Crippen LogP contribution is 2.28. The standard InChI is InChI=1S/C14H13Br2NO/c15-11-6-7-14(13(16)10-11)18-9-8-17-12-4-2-1-3-5-12/h1-7,10,17H,8-9H2. The number of benzene rings is 2. The Morgan fingerprint density at radius 1 is 1.00 bits per heavy atom. The smallest absolute Gasteiger partial charge is 0.133 e. The van der Waals surface area contributed by atoms with Crippen LogP contribution < -0.4 is 10.1 Å². The molecule has 0 atom stereocenters. The van der Waals surface area contributed by atoms with Gasteiger partial charge in [0.25, 0.3) is 0 Å². The maximum absolute atomic E-state index is 5.68. The van der Waals surface area contributed by atoms with Gasteiger partial charge in [-0.15, -0.1) is 0 Å². The van der Waals surface area contributed by atoms with Crippen LogP contribution in [0.4, 0.5) is 5.69 Å². The summed E-state index contributed by atoms with van der Waals surface area (Å²) < 4.78 is 7.67. The lowest BCUT2D eigenvalue weighted by Crippen LogP contribution is -2.11. The predicted octanol–water partition coefficient (Wildman–Crippen LogP) is 4.70. The lowest BCUT2D eigenvalue weighted by molar-refractivity contribution is 0.331. The fourth-order valence-electron chi connectivity index (χ4n) is 1.50. The molecule has 0 spiro atoms. The van der Waals surface area contributed by atoms with E-state index in [1.54, 1.807) is 0 Å². The van der Waals surface area contributed by atoms with E-state index in [1.807, 2.05) is 48.5 Å². The number of rotatable bonds is 5. The quantitative estimate of drug-likeness (QED) is 0.770. The van der Waals surface area contributed by atoms with Crippen LogP contribution in [0.15, 0.2) is 57.5 Å². The second-order valence-corrected chi connectivity index (χ2v) is 5.49. The van der Waals surface area contributed by atoms with Crippen molar-refractivity contribution in [2.75, 3.05) is 18.5 Å². The van der Waals surface area contributed by atoms with Crippen molar-refractivity contribution in [3.8, 4) is 5.75 Å². The molecule has 0 aliphatic carbocycles. The minimum atomic E-state index is 0.620. The van der Waals surface area contributed by atoms with E-state index < -0.39 is 0 Å². The maximum Gasteiger partial charge on any atom is 0.133 e. The van der Waals surface area contributed by atoms with Crippen LogP contribution in [0, 0.1) is 0 Å². The predicted molar refractivity (Wildman–Crippen MR) is 82.3 cm³/mol. The summed E-state index contributed by atoms with van der Waals surface area (Å²) in [5, 5.41) is 3.30. The van der Waals surface area contributed by atoms with Gasteiger partial charge >= 0.3 is 0 Å². The van der Waals surface area contributed by atoms with Gasteiger partial charge in [0.1, 0.15) is 12.4 Å². The first-order valence-corrected chi connectivity index (χ1v) is 7.21. The molecule has 0 fully saturated rings. The minimum absolute atomic E-state index is 0.620. The average molecular weight is 371 g/mol. The Morgan fingerprint density at radius 2 is 1.78 bits per heavy atom.